The van der Waals surface area contributed by atoms with E-state index in [1.165, 1.54) is 11.3 Å². The molecule has 1 aliphatic heterocycles. The number of halogens is 2. The summed E-state index contributed by atoms with van der Waals surface area (Å²) in [6, 6.07) is 13.5. The van der Waals surface area contributed by atoms with Crippen molar-refractivity contribution >= 4 is 50.3 Å². The average molecular weight is 489 g/mol. The zero-order chi connectivity index (χ0) is 20.9. The molecule has 2 N–H and O–H groups in total. The van der Waals surface area contributed by atoms with E-state index in [1.54, 1.807) is 12.1 Å². The van der Waals surface area contributed by atoms with Gasteiger partial charge < -0.3 is 5.73 Å². The van der Waals surface area contributed by atoms with Crippen LogP contribution < -0.4 is 10.6 Å². The van der Waals surface area contributed by atoms with Gasteiger partial charge in [-0.25, -0.2) is 0 Å². The zero-order valence-corrected chi connectivity index (χ0v) is 19.2. The number of nitrogens with two attached hydrogens (primary N) is 1. The Kier molecular flexibility index (Phi) is 5.10. The largest absolute Gasteiger partial charge is 0.384 e. The number of anilines is 1. The predicted molar refractivity (Wildman–Crippen MR) is 121 cm³/mol. The van der Waals surface area contributed by atoms with E-state index in [-0.39, 0.29) is 11.2 Å². The third-order valence-electron chi connectivity index (χ3n) is 5.34. The normalized spacial score (nSPS) is 21.3. The Morgan fingerprint density at radius 1 is 1.24 bits per heavy atom. The first-order chi connectivity index (χ1) is 13.7. The number of allylic oxidation sites excluding steroid dienone is 3. The Morgan fingerprint density at radius 3 is 2.52 bits per heavy atom. The van der Waals surface area contributed by atoms with Gasteiger partial charge in [0.05, 0.1) is 21.3 Å². The van der Waals surface area contributed by atoms with Crippen LogP contribution in [-0.4, -0.2) is 5.78 Å². The smallest absolute Gasteiger partial charge is 0.162 e. The fourth-order valence-corrected chi connectivity index (χ4v) is 5.83. The minimum atomic E-state index is -0.432. The lowest BCUT2D eigenvalue weighted by molar-refractivity contribution is -0.118. The number of hydrogen-bond acceptors (Lipinski definition) is 5. The molecule has 0 spiro atoms. The maximum absolute atomic E-state index is 13.3. The highest BCUT2D eigenvalue weighted by Gasteiger charge is 2.45. The lowest BCUT2D eigenvalue weighted by Crippen LogP contribution is -2.42. The molecule has 2 heterocycles. The van der Waals surface area contributed by atoms with E-state index in [2.05, 4.69) is 35.8 Å². The Bertz CT molecular complexity index is 1110. The third kappa shape index (κ3) is 3.52. The van der Waals surface area contributed by atoms with E-state index in [0.717, 1.165) is 20.0 Å². The summed E-state index contributed by atoms with van der Waals surface area (Å²) >= 11 is 11.1. The highest BCUT2D eigenvalue weighted by molar-refractivity contribution is 9.11. The molecule has 4 nitrogen and oxygen atoms in total. The monoisotopic (exact) mass is 487 g/mol. The molecule has 7 heteroatoms. The number of Topliss-reactive ketones (excluding diaryl/α,β-unsaturated/α-hetero) is 1. The van der Waals surface area contributed by atoms with Gasteiger partial charge in [-0.05, 0) is 64.2 Å². The highest BCUT2D eigenvalue weighted by atomic mass is 79.9. The quantitative estimate of drug-likeness (QED) is 0.554. The molecule has 4 rings (SSSR count). The van der Waals surface area contributed by atoms with Gasteiger partial charge in [0.25, 0.3) is 0 Å². The molecular weight excluding hydrogens is 470 g/mol. The lowest BCUT2D eigenvalue weighted by atomic mass is 9.69. The molecule has 0 unspecified atom stereocenters. The van der Waals surface area contributed by atoms with Crippen molar-refractivity contribution in [2.45, 2.75) is 32.6 Å². The Balaban J connectivity index is 1.99. The Morgan fingerprint density at radius 2 is 1.93 bits per heavy atom. The van der Waals surface area contributed by atoms with Crippen LogP contribution in [0.15, 0.2) is 62.8 Å². The Hall–Kier alpha value is -2.07. The van der Waals surface area contributed by atoms with Crippen LogP contribution in [0.3, 0.4) is 0 Å². The number of carbonyl (C=O) groups is 1. The fraction of sp³-hybridized carbons (Fsp3) is 0.273. The molecule has 0 radical (unpaired) electrons. The van der Waals surface area contributed by atoms with Crippen LogP contribution in [-0.2, 0) is 4.79 Å². The molecule has 1 aromatic heterocycles. The molecule has 0 saturated carbocycles. The number of benzene rings is 1. The number of nitriles is 1. The van der Waals surface area contributed by atoms with Crippen LogP contribution in [0.25, 0.3) is 0 Å². The predicted octanol–water partition coefficient (Wildman–Crippen LogP) is 6.10. The molecule has 0 saturated heterocycles. The zero-order valence-electron chi connectivity index (χ0n) is 16.0. The van der Waals surface area contributed by atoms with Gasteiger partial charge in [0.1, 0.15) is 5.82 Å². The van der Waals surface area contributed by atoms with Crippen LogP contribution in [0, 0.1) is 16.7 Å². The SMILES string of the molecule is CC1(C)CC(=O)C2=C(C1)N(c1ccc(Cl)cc1)C(N)=C(C#N)[C@H]2c1ccc(Br)s1. The molecule has 1 aromatic carbocycles. The van der Waals surface area contributed by atoms with Crippen LogP contribution in [0.5, 0.6) is 0 Å². The standard InChI is InChI=1S/C22H19BrClN3OS/c1-22(2)9-15-20(16(28)10-22)19(17-7-8-18(23)29-17)14(11-25)21(26)27(15)13-5-3-12(24)4-6-13/h3-8,19H,9-10,26H2,1-2H3/t19-/m0/s1. The molecule has 29 heavy (non-hydrogen) atoms. The maximum Gasteiger partial charge on any atom is 0.162 e. The van der Waals surface area contributed by atoms with Crippen molar-refractivity contribution in [1.82, 2.24) is 0 Å². The van der Waals surface area contributed by atoms with Crippen molar-refractivity contribution < 1.29 is 4.79 Å². The molecule has 1 atom stereocenters. The van der Waals surface area contributed by atoms with Crippen LogP contribution in [0.4, 0.5) is 5.69 Å². The highest BCUT2D eigenvalue weighted by Crippen LogP contribution is 2.51. The van der Waals surface area contributed by atoms with Crippen molar-refractivity contribution in [1.29, 1.82) is 5.26 Å². The number of nitrogens with zero attached hydrogens (tertiary/aromatic N) is 2. The van der Waals surface area contributed by atoms with Crippen LogP contribution in [0.2, 0.25) is 5.02 Å². The summed E-state index contributed by atoms with van der Waals surface area (Å²) in [6.07, 6.45) is 1.14. The van der Waals surface area contributed by atoms with Gasteiger partial charge in [-0.3, -0.25) is 9.69 Å². The summed E-state index contributed by atoms with van der Waals surface area (Å²) in [7, 11) is 0. The molecule has 1 aliphatic carbocycles. The van der Waals surface area contributed by atoms with Gasteiger partial charge >= 0.3 is 0 Å². The van der Waals surface area contributed by atoms with E-state index in [4.69, 9.17) is 17.3 Å². The number of carbonyl (C=O) groups excluding carboxylic acids is 1. The second kappa shape index (κ2) is 7.32. The summed E-state index contributed by atoms with van der Waals surface area (Å²) in [5, 5.41) is 10.6. The first-order valence-corrected chi connectivity index (χ1v) is 11.2. The van der Waals surface area contributed by atoms with Crippen molar-refractivity contribution in [2.75, 3.05) is 4.90 Å². The second-order valence-corrected chi connectivity index (χ2v) is 11.0. The number of thiophene rings is 1. The van der Waals surface area contributed by atoms with Crippen LogP contribution >= 0.6 is 38.9 Å². The van der Waals surface area contributed by atoms with Gasteiger partial charge in [-0.2, -0.15) is 5.26 Å². The van der Waals surface area contributed by atoms with Gasteiger partial charge in [-0.15, -0.1) is 11.3 Å². The van der Waals surface area contributed by atoms with Gasteiger partial charge in [-0.1, -0.05) is 25.4 Å². The molecule has 0 fully saturated rings. The van der Waals surface area contributed by atoms with Gasteiger partial charge in [0.15, 0.2) is 5.78 Å². The van der Waals surface area contributed by atoms with E-state index < -0.39 is 5.92 Å². The second-order valence-electron chi connectivity index (χ2n) is 8.10. The summed E-state index contributed by atoms with van der Waals surface area (Å²) in [5.41, 5.74) is 9.14. The minimum Gasteiger partial charge on any atom is -0.384 e. The van der Waals surface area contributed by atoms with Gasteiger partial charge in [0.2, 0.25) is 0 Å². The first-order valence-electron chi connectivity index (χ1n) is 9.19. The first kappa shape index (κ1) is 20.2. The number of ketones is 1. The molecular formula is C22H19BrClN3OS. The molecule has 0 bridgehead atoms. The Labute approximate surface area is 187 Å². The maximum atomic E-state index is 13.3. The van der Waals surface area contributed by atoms with Crippen LogP contribution in [0.1, 0.15) is 37.5 Å². The number of hydrogen-bond donors (Lipinski definition) is 1. The summed E-state index contributed by atoms with van der Waals surface area (Å²) in [5.74, 6) is 0.0111. The molecule has 2 aromatic rings. The summed E-state index contributed by atoms with van der Waals surface area (Å²) in [6.45, 7) is 4.18. The topological polar surface area (TPSA) is 70.1 Å². The molecule has 2 aliphatic rings. The van der Waals surface area contributed by atoms with E-state index >= 15 is 0 Å². The number of rotatable bonds is 2. The van der Waals surface area contributed by atoms with E-state index in [0.29, 0.717) is 34.8 Å². The van der Waals surface area contributed by atoms with Crippen molar-refractivity contribution in [3.8, 4) is 6.07 Å². The van der Waals surface area contributed by atoms with Gasteiger partial charge in [0, 0.05) is 33.3 Å². The van der Waals surface area contributed by atoms with Crippen molar-refractivity contribution in [3.05, 3.63) is 72.7 Å². The third-order valence-corrected chi connectivity index (χ3v) is 7.28. The summed E-state index contributed by atoms with van der Waals surface area (Å²) < 4.78 is 0.953. The van der Waals surface area contributed by atoms with E-state index in [9.17, 15) is 10.1 Å². The fourth-order valence-electron chi connectivity index (χ4n) is 4.16. The summed E-state index contributed by atoms with van der Waals surface area (Å²) in [4.78, 5) is 16.1. The lowest BCUT2D eigenvalue weighted by Gasteiger charge is -2.43. The molecule has 148 valence electrons. The minimum absolute atomic E-state index is 0.0741. The average Bonchev–Trinajstić information content (AvgIpc) is 3.07. The van der Waals surface area contributed by atoms with Crippen molar-refractivity contribution in [3.63, 3.8) is 0 Å². The van der Waals surface area contributed by atoms with E-state index in [1.807, 2.05) is 29.2 Å². The molecule has 0 amide bonds. The van der Waals surface area contributed by atoms with Crippen molar-refractivity contribution in [2.24, 2.45) is 11.1 Å².